The van der Waals surface area contributed by atoms with E-state index in [0.717, 1.165) is 41.0 Å². The van der Waals surface area contributed by atoms with Crippen molar-refractivity contribution in [2.24, 2.45) is 5.92 Å². The van der Waals surface area contributed by atoms with Crippen molar-refractivity contribution in [1.29, 1.82) is 0 Å². The average molecular weight is 512 g/mol. The molecule has 1 saturated heterocycles. The number of nitrogens with one attached hydrogen (secondary N) is 2. The molecule has 3 amide bonds. The topological polar surface area (TPSA) is 122 Å². The number of anilines is 1. The van der Waals surface area contributed by atoms with Gasteiger partial charge < -0.3 is 10.1 Å². The summed E-state index contributed by atoms with van der Waals surface area (Å²) in [6.45, 7) is 0.449. The van der Waals surface area contributed by atoms with Crippen LogP contribution in [0.1, 0.15) is 46.5 Å². The molecule has 1 aliphatic heterocycles. The number of hydrogen-bond acceptors (Lipinski definition) is 8. The van der Waals surface area contributed by atoms with Gasteiger partial charge in [0.1, 0.15) is 9.21 Å². The van der Waals surface area contributed by atoms with E-state index in [1.54, 1.807) is 17.5 Å². The van der Waals surface area contributed by atoms with E-state index >= 15 is 0 Å². The second-order valence-electron chi connectivity index (χ2n) is 7.98. The molecule has 12 heteroatoms. The van der Waals surface area contributed by atoms with E-state index in [9.17, 15) is 22.8 Å². The molecule has 0 radical (unpaired) electrons. The van der Waals surface area contributed by atoms with Gasteiger partial charge in [0.05, 0.1) is 18.6 Å². The number of piperidine rings is 1. The molecule has 2 aromatic rings. The predicted octanol–water partition coefficient (Wildman–Crippen LogP) is 3.22. The molecule has 1 unspecified atom stereocenters. The van der Waals surface area contributed by atoms with Gasteiger partial charge in [-0.1, -0.05) is 6.07 Å². The SMILES string of the molecule is COC(=O)NC(=O)c1c(NC(=O)C2CCCN(S(=O)(=O)c3cccs3)C2)sc2c1CCCC2. The third-order valence-corrected chi connectivity index (χ3v) is 10.3. The Morgan fingerprint density at radius 2 is 1.97 bits per heavy atom. The van der Waals surface area contributed by atoms with Crippen molar-refractivity contribution in [3.63, 3.8) is 0 Å². The van der Waals surface area contributed by atoms with Crippen LogP contribution in [-0.4, -0.2) is 50.8 Å². The number of carbonyl (C=O) groups is 3. The van der Waals surface area contributed by atoms with Crippen molar-refractivity contribution < 1.29 is 27.5 Å². The Kier molecular flexibility index (Phi) is 7.17. The molecule has 4 rings (SSSR count). The Hall–Kier alpha value is -2.28. The first-order chi connectivity index (χ1) is 15.8. The summed E-state index contributed by atoms with van der Waals surface area (Å²) in [5, 5.41) is 7.15. The summed E-state index contributed by atoms with van der Waals surface area (Å²) in [4.78, 5) is 38.6. The van der Waals surface area contributed by atoms with Gasteiger partial charge in [0.2, 0.25) is 5.91 Å². The summed E-state index contributed by atoms with van der Waals surface area (Å²) in [6, 6.07) is 3.25. The monoisotopic (exact) mass is 511 g/mol. The summed E-state index contributed by atoms with van der Waals surface area (Å²) in [5.74, 6) is -1.47. The van der Waals surface area contributed by atoms with Crippen molar-refractivity contribution in [3.8, 4) is 0 Å². The van der Waals surface area contributed by atoms with E-state index in [2.05, 4.69) is 15.4 Å². The van der Waals surface area contributed by atoms with E-state index in [1.807, 2.05) is 0 Å². The molecule has 0 saturated carbocycles. The molecule has 2 aromatic heterocycles. The zero-order valence-corrected chi connectivity index (χ0v) is 20.5. The molecule has 2 aliphatic rings. The molecule has 9 nitrogen and oxygen atoms in total. The van der Waals surface area contributed by atoms with Gasteiger partial charge in [0.15, 0.2) is 0 Å². The van der Waals surface area contributed by atoms with E-state index < -0.39 is 27.9 Å². The van der Waals surface area contributed by atoms with Crippen LogP contribution in [0.4, 0.5) is 9.80 Å². The van der Waals surface area contributed by atoms with Crippen LogP contribution in [0.3, 0.4) is 0 Å². The minimum absolute atomic E-state index is 0.0842. The van der Waals surface area contributed by atoms with Gasteiger partial charge in [0.25, 0.3) is 15.9 Å². The maximum atomic E-state index is 13.1. The van der Waals surface area contributed by atoms with Gasteiger partial charge in [0, 0.05) is 18.0 Å². The number of nitrogens with zero attached hydrogens (tertiary/aromatic N) is 1. The number of rotatable bonds is 5. The third-order valence-electron chi connectivity index (χ3n) is 5.88. The number of hydrogen-bond donors (Lipinski definition) is 2. The summed E-state index contributed by atoms with van der Waals surface area (Å²) < 4.78 is 31.9. The van der Waals surface area contributed by atoms with Crippen molar-refractivity contribution in [2.45, 2.75) is 42.7 Å². The summed E-state index contributed by atoms with van der Waals surface area (Å²) in [7, 11) is -2.47. The molecular weight excluding hydrogens is 486 g/mol. The van der Waals surface area contributed by atoms with Crippen molar-refractivity contribution in [3.05, 3.63) is 33.5 Å². The second-order valence-corrected chi connectivity index (χ2v) is 12.2. The third kappa shape index (κ3) is 4.98. The predicted molar refractivity (Wildman–Crippen MR) is 125 cm³/mol. The number of sulfonamides is 1. The molecule has 0 aromatic carbocycles. The van der Waals surface area contributed by atoms with Crippen LogP contribution in [0.2, 0.25) is 0 Å². The Bertz CT molecular complexity index is 1160. The number of carbonyl (C=O) groups excluding carboxylic acids is 3. The van der Waals surface area contributed by atoms with Gasteiger partial charge in [-0.05, 0) is 55.5 Å². The van der Waals surface area contributed by atoms with Gasteiger partial charge in [-0.3, -0.25) is 14.9 Å². The van der Waals surface area contributed by atoms with E-state index in [-0.39, 0.29) is 16.7 Å². The van der Waals surface area contributed by atoms with Gasteiger partial charge in [-0.15, -0.1) is 22.7 Å². The van der Waals surface area contributed by atoms with Crippen LogP contribution in [0, 0.1) is 5.92 Å². The highest BCUT2D eigenvalue weighted by atomic mass is 32.2. The van der Waals surface area contributed by atoms with Crippen LogP contribution in [0.15, 0.2) is 21.7 Å². The molecule has 3 heterocycles. The lowest BCUT2D eigenvalue weighted by molar-refractivity contribution is -0.120. The summed E-state index contributed by atoms with van der Waals surface area (Å²) in [5.41, 5.74) is 1.15. The van der Waals surface area contributed by atoms with E-state index in [4.69, 9.17) is 0 Å². The lowest BCUT2D eigenvalue weighted by Crippen LogP contribution is -2.43. The van der Waals surface area contributed by atoms with Crippen molar-refractivity contribution >= 4 is 55.6 Å². The highest BCUT2D eigenvalue weighted by Gasteiger charge is 2.35. The first-order valence-corrected chi connectivity index (χ1v) is 13.8. The van der Waals surface area contributed by atoms with Crippen LogP contribution < -0.4 is 10.6 Å². The molecule has 178 valence electrons. The number of methoxy groups -OCH3 is 1. The average Bonchev–Trinajstić information content (AvgIpc) is 3.47. The molecule has 1 atom stereocenters. The quantitative estimate of drug-likeness (QED) is 0.636. The van der Waals surface area contributed by atoms with Crippen LogP contribution in [0.5, 0.6) is 0 Å². The number of ether oxygens (including phenoxy) is 1. The number of alkyl carbamates (subject to hydrolysis) is 1. The number of amides is 3. The fourth-order valence-corrected chi connectivity index (χ4v) is 8.18. The van der Waals surface area contributed by atoms with Gasteiger partial charge >= 0.3 is 6.09 Å². The zero-order valence-electron chi connectivity index (χ0n) is 18.1. The largest absolute Gasteiger partial charge is 0.453 e. The highest BCUT2D eigenvalue weighted by Crippen LogP contribution is 2.38. The number of thiophene rings is 2. The first-order valence-electron chi connectivity index (χ1n) is 10.7. The fourth-order valence-electron chi connectivity index (χ4n) is 4.23. The van der Waals surface area contributed by atoms with Crippen LogP contribution >= 0.6 is 22.7 Å². The molecular formula is C21H25N3O6S3. The molecule has 1 aliphatic carbocycles. The number of aryl methyl sites for hydroxylation is 1. The minimum Gasteiger partial charge on any atom is -0.453 e. The van der Waals surface area contributed by atoms with Gasteiger partial charge in [-0.25, -0.2) is 13.2 Å². The zero-order chi connectivity index (χ0) is 23.6. The number of fused-ring (bicyclic) bond motifs is 1. The van der Waals surface area contributed by atoms with Crippen molar-refractivity contribution in [2.75, 3.05) is 25.5 Å². The highest BCUT2D eigenvalue weighted by molar-refractivity contribution is 7.91. The van der Waals surface area contributed by atoms with Gasteiger partial charge in [-0.2, -0.15) is 4.31 Å². The summed E-state index contributed by atoms with van der Waals surface area (Å²) in [6.07, 6.45) is 3.68. The Balaban J connectivity index is 1.54. The normalized spacial score (nSPS) is 18.9. The van der Waals surface area contributed by atoms with E-state index in [0.29, 0.717) is 36.4 Å². The molecule has 33 heavy (non-hydrogen) atoms. The summed E-state index contributed by atoms with van der Waals surface area (Å²) >= 11 is 2.50. The molecule has 0 bridgehead atoms. The Labute approximate surface area is 200 Å². The molecule has 2 N–H and O–H groups in total. The lowest BCUT2D eigenvalue weighted by atomic mass is 9.95. The standard InChI is InChI=1S/C21H25N3O6S3/c1-30-21(27)23-19(26)17-14-7-2-3-8-15(14)32-20(17)22-18(25)13-6-4-10-24(12-13)33(28,29)16-9-5-11-31-16/h5,9,11,13H,2-4,6-8,10,12H2,1H3,(H,22,25)(H,23,26,27). The van der Waals surface area contributed by atoms with E-state index in [1.165, 1.54) is 22.8 Å². The lowest BCUT2D eigenvalue weighted by Gasteiger charge is -2.30. The first kappa shape index (κ1) is 23.9. The Morgan fingerprint density at radius 1 is 1.18 bits per heavy atom. The maximum Gasteiger partial charge on any atom is 0.413 e. The Morgan fingerprint density at radius 3 is 2.70 bits per heavy atom. The molecule has 0 spiro atoms. The molecule has 1 fully saturated rings. The minimum atomic E-state index is -3.64. The van der Waals surface area contributed by atoms with Crippen molar-refractivity contribution in [1.82, 2.24) is 9.62 Å². The van der Waals surface area contributed by atoms with Crippen LogP contribution in [0.25, 0.3) is 0 Å². The number of imide groups is 1. The van der Waals surface area contributed by atoms with Crippen LogP contribution in [-0.2, 0) is 32.4 Å². The smallest absolute Gasteiger partial charge is 0.413 e. The second kappa shape index (κ2) is 9.92. The fraction of sp³-hybridized carbons (Fsp3) is 0.476. The maximum absolute atomic E-state index is 13.1.